The Bertz CT molecular complexity index is 243. The van der Waals surface area contributed by atoms with Gasteiger partial charge in [-0.05, 0) is 49.9 Å². The van der Waals surface area contributed by atoms with Crippen LogP contribution in [0.15, 0.2) is 11.1 Å². The molecule has 2 fully saturated rings. The fourth-order valence-electron chi connectivity index (χ4n) is 2.86. The summed E-state index contributed by atoms with van der Waals surface area (Å²) < 4.78 is 0. The van der Waals surface area contributed by atoms with Crippen LogP contribution in [0.25, 0.3) is 0 Å². The minimum Gasteiger partial charge on any atom is -0.0702 e. The fourth-order valence-corrected chi connectivity index (χ4v) is 2.86. The molecule has 0 saturated heterocycles. The Morgan fingerprint density at radius 1 is 1.36 bits per heavy atom. The van der Waals surface area contributed by atoms with E-state index >= 15 is 0 Å². The van der Waals surface area contributed by atoms with Crippen molar-refractivity contribution in [2.75, 3.05) is 0 Å². The predicted octanol–water partition coefficient (Wildman–Crippen LogP) is 3.14. The van der Waals surface area contributed by atoms with Crippen LogP contribution in [0, 0.1) is 17.3 Å². The van der Waals surface area contributed by atoms with Gasteiger partial charge in [0.15, 0.2) is 0 Å². The second-order valence-corrected chi connectivity index (χ2v) is 5.03. The molecule has 0 amide bonds. The summed E-state index contributed by atoms with van der Waals surface area (Å²) in [6.45, 7) is 4.84. The molecule has 2 atom stereocenters. The summed E-state index contributed by atoms with van der Waals surface area (Å²) in [5.41, 5.74) is 4.34. The van der Waals surface area contributed by atoms with Crippen LogP contribution in [-0.4, -0.2) is 0 Å². The monoisotopic (exact) mass is 148 g/mol. The topological polar surface area (TPSA) is 0 Å². The van der Waals surface area contributed by atoms with Crippen LogP contribution in [0.4, 0.5) is 0 Å². The summed E-state index contributed by atoms with van der Waals surface area (Å²) >= 11 is 0. The Morgan fingerprint density at radius 2 is 2.09 bits per heavy atom. The van der Waals surface area contributed by atoms with Crippen LogP contribution in [-0.2, 0) is 0 Å². The molecule has 0 N–H and O–H groups in total. The SMILES string of the molecule is CC1=C(C2(C)CC2)CC2CC12. The van der Waals surface area contributed by atoms with E-state index in [1.807, 2.05) is 5.57 Å². The molecule has 60 valence electrons. The third-order valence-corrected chi connectivity index (χ3v) is 4.15. The van der Waals surface area contributed by atoms with E-state index in [0.717, 1.165) is 11.8 Å². The number of allylic oxidation sites excluding steroid dienone is 2. The second kappa shape index (κ2) is 1.57. The molecule has 2 saturated carbocycles. The van der Waals surface area contributed by atoms with Gasteiger partial charge in [-0.2, -0.15) is 0 Å². The zero-order valence-electron chi connectivity index (χ0n) is 7.48. The Balaban J connectivity index is 1.97. The first kappa shape index (κ1) is 6.28. The average Bonchev–Trinajstić information content (AvgIpc) is 2.82. The van der Waals surface area contributed by atoms with E-state index < -0.39 is 0 Å². The van der Waals surface area contributed by atoms with E-state index in [2.05, 4.69) is 13.8 Å². The fraction of sp³-hybridized carbons (Fsp3) is 0.818. The summed E-state index contributed by atoms with van der Waals surface area (Å²) in [5.74, 6) is 2.14. The maximum Gasteiger partial charge on any atom is -0.0113 e. The van der Waals surface area contributed by atoms with Crippen molar-refractivity contribution in [2.24, 2.45) is 17.3 Å². The molecule has 0 aromatic carbocycles. The molecule has 2 unspecified atom stereocenters. The maximum atomic E-state index is 2.45. The summed E-state index contributed by atoms with van der Waals surface area (Å²) in [5, 5.41) is 0. The lowest BCUT2D eigenvalue weighted by Gasteiger charge is -2.13. The van der Waals surface area contributed by atoms with Gasteiger partial charge in [-0.3, -0.25) is 0 Å². The van der Waals surface area contributed by atoms with Gasteiger partial charge in [-0.25, -0.2) is 0 Å². The van der Waals surface area contributed by atoms with Gasteiger partial charge in [0.1, 0.15) is 0 Å². The minimum absolute atomic E-state index is 0.692. The van der Waals surface area contributed by atoms with Crippen molar-refractivity contribution >= 4 is 0 Å². The van der Waals surface area contributed by atoms with Gasteiger partial charge < -0.3 is 0 Å². The molecule has 3 rings (SSSR count). The smallest absolute Gasteiger partial charge is 0.0113 e. The first-order chi connectivity index (χ1) is 5.21. The van der Waals surface area contributed by atoms with E-state index in [0.29, 0.717) is 5.41 Å². The zero-order valence-corrected chi connectivity index (χ0v) is 7.48. The van der Waals surface area contributed by atoms with E-state index in [9.17, 15) is 0 Å². The van der Waals surface area contributed by atoms with Gasteiger partial charge >= 0.3 is 0 Å². The molecule has 11 heavy (non-hydrogen) atoms. The third-order valence-electron chi connectivity index (χ3n) is 4.15. The van der Waals surface area contributed by atoms with Crippen LogP contribution in [0.2, 0.25) is 0 Å². The van der Waals surface area contributed by atoms with Crippen LogP contribution in [0.1, 0.15) is 39.5 Å². The van der Waals surface area contributed by atoms with E-state index in [1.165, 1.54) is 25.7 Å². The molecular formula is C11H16. The molecule has 0 nitrogen and oxygen atoms in total. The van der Waals surface area contributed by atoms with Crippen molar-refractivity contribution in [1.29, 1.82) is 0 Å². The van der Waals surface area contributed by atoms with Crippen molar-refractivity contribution in [3.8, 4) is 0 Å². The number of hydrogen-bond acceptors (Lipinski definition) is 0. The van der Waals surface area contributed by atoms with Crippen molar-refractivity contribution in [2.45, 2.75) is 39.5 Å². The minimum atomic E-state index is 0.692. The standard InChI is InChI=1S/C11H16/c1-7-9-5-8(9)6-10(7)11(2)3-4-11/h8-9H,3-6H2,1-2H3. The van der Waals surface area contributed by atoms with Crippen molar-refractivity contribution < 1.29 is 0 Å². The van der Waals surface area contributed by atoms with E-state index in [1.54, 1.807) is 5.57 Å². The van der Waals surface area contributed by atoms with Gasteiger partial charge in [-0.1, -0.05) is 18.1 Å². The molecule has 0 aliphatic heterocycles. The highest BCUT2D eigenvalue weighted by molar-refractivity contribution is 5.36. The summed E-state index contributed by atoms with van der Waals surface area (Å²) in [4.78, 5) is 0. The highest BCUT2D eigenvalue weighted by atomic mass is 14.6. The third kappa shape index (κ3) is 0.706. The van der Waals surface area contributed by atoms with Crippen molar-refractivity contribution in [3.63, 3.8) is 0 Å². The molecule has 3 aliphatic rings. The molecule has 0 heterocycles. The first-order valence-electron chi connectivity index (χ1n) is 4.91. The summed E-state index contributed by atoms with van der Waals surface area (Å²) in [6, 6.07) is 0. The lowest BCUT2D eigenvalue weighted by molar-refractivity contribution is 0.631. The van der Waals surface area contributed by atoms with Gasteiger partial charge in [0.25, 0.3) is 0 Å². The Hall–Kier alpha value is -0.260. The van der Waals surface area contributed by atoms with Gasteiger partial charge in [0.05, 0.1) is 0 Å². The van der Waals surface area contributed by atoms with Crippen LogP contribution >= 0.6 is 0 Å². The highest BCUT2D eigenvalue weighted by Crippen LogP contribution is 2.64. The summed E-state index contributed by atoms with van der Waals surface area (Å²) in [7, 11) is 0. The average molecular weight is 148 g/mol. The quantitative estimate of drug-likeness (QED) is 0.501. The molecule has 0 radical (unpaired) electrons. The van der Waals surface area contributed by atoms with Crippen LogP contribution in [0.3, 0.4) is 0 Å². The van der Waals surface area contributed by atoms with Gasteiger partial charge in [-0.15, -0.1) is 0 Å². The predicted molar refractivity (Wildman–Crippen MR) is 46.3 cm³/mol. The molecule has 0 bridgehead atoms. The molecule has 0 heteroatoms. The Morgan fingerprint density at radius 3 is 2.55 bits per heavy atom. The molecule has 3 aliphatic carbocycles. The molecular weight excluding hydrogens is 132 g/mol. The number of hydrogen-bond donors (Lipinski definition) is 0. The lowest BCUT2D eigenvalue weighted by atomic mass is 9.92. The van der Waals surface area contributed by atoms with Gasteiger partial charge in [0.2, 0.25) is 0 Å². The van der Waals surface area contributed by atoms with Crippen LogP contribution < -0.4 is 0 Å². The number of rotatable bonds is 1. The normalized spacial score (nSPS) is 44.2. The zero-order chi connectivity index (χ0) is 7.64. The summed E-state index contributed by atoms with van der Waals surface area (Å²) in [6.07, 6.45) is 5.93. The molecule has 0 spiro atoms. The molecule has 0 aromatic rings. The number of fused-ring (bicyclic) bond motifs is 1. The van der Waals surface area contributed by atoms with Gasteiger partial charge in [0, 0.05) is 0 Å². The first-order valence-corrected chi connectivity index (χ1v) is 4.91. The Kier molecular flexibility index (Phi) is 0.898. The lowest BCUT2D eigenvalue weighted by Crippen LogP contribution is -1.99. The second-order valence-electron chi connectivity index (χ2n) is 5.03. The maximum absolute atomic E-state index is 2.45. The van der Waals surface area contributed by atoms with Crippen LogP contribution in [0.5, 0.6) is 0 Å². The van der Waals surface area contributed by atoms with E-state index in [4.69, 9.17) is 0 Å². The largest absolute Gasteiger partial charge is 0.0702 e. The van der Waals surface area contributed by atoms with E-state index in [-0.39, 0.29) is 0 Å². The van der Waals surface area contributed by atoms with Crippen molar-refractivity contribution in [3.05, 3.63) is 11.1 Å². The highest BCUT2D eigenvalue weighted by Gasteiger charge is 2.52. The van der Waals surface area contributed by atoms with Crippen molar-refractivity contribution in [1.82, 2.24) is 0 Å². The Labute approximate surface area is 68.7 Å². The molecule has 0 aromatic heterocycles.